The van der Waals surface area contributed by atoms with Crippen molar-refractivity contribution in [3.63, 3.8) is 0 Å². The van der Waals surface area contributed by atoms with Crippen LogP contribution in [0.15, 0.2) is 18.2 Å². The third-order valence-corrected chi connectivity index (χ3v) is 3.81. The highest BCUT2D eigenvalue weighted by Crippen LogP contribution is 2.30. The number of carbonyl (C=O) groups excluding carboxylic acids is 1. The molecule has 0 aliphatic carbocycles. The molecule has 0 radical (unpaired) electrons. The van der Waals surface area contributed by atoms with Gasteiger partial charge in [0.05, 0.1) is 22.7 Å². The Hall–Kier alpha value is -2.48. The molecule has 110 valence electrons. The van der Waals surface area contributed by atoms with E-state index in [-0.39, 0.29) is 17.3 Å². The predicted octanol–water partition coefficient (Wildman–Crippen LogP) is 2.93. The van der Waals surface area contributed by atoms with E-state index in [1.54, 1.807) is 13.0 Å². The van der Waals surface area contributed by atoms with Crippen LogP contribution in [0, 0.1) is 24.0 Å². The second-order valence-electron chi connectivity index (χ2n) is 4.25. The van der Waals surface area contributed by atoms with Gasteiger partial charge in [-0.2, -0.15) is 0 Å². The maximum absolute atomic E-state index is 12.1. The van der Waals surface area contributed by atoms with Crippen molar-refractivity contribution in [1.29, 1.82) is 0 Å². The van der Waals surface area contributed by atoms with Crippen molar-refractivity contribution in [2.75, 3.05) is 12.4 Å². The van der Waals surface area contributed by atoms with Crippen molar-refractivity contribution < 1.29 is 14.5 Å². The number of aromatic nitrogens is 1. The van der Waals surface area contributed by atoms with E-state index in [0.717, 1.165) is 5.01 Å². The van der Waals surface area contributed by atoms with Crippen LogP contribution in [0.3, 0.4) is 0 Å². The number of nitro groups is 1. The standard InChI is InChI=1S/C13H13N3O4S/c1-7-12(21-8(2)14-7)13(17)15-9-4-5-11(20-3)10(6-9)16(18)19/h4-6H,1-3H3,(H,15,17). The summed E-state index contributed by atoms with van der Waals surface area (Å²) in [6, 6.07) is 4.26. The fraction of sp³-hybridized carbons (Fsp3) is 0.231. The van der Waals surface area contributed by atoms with E-state index in [1.807, 2.05) is 6.92 Å². The van der Waals surface area contributed by atoms with Gasteiger partial charge < -0.3 is 10.1 Å². The summed E-state index contributed by atoms with van der Waals surface area (Å²) in [5.74, 6) is -0.194. The smallest absolute Gasteiger partial charge is 0.312 e. The number of methoxy groups -OCH3 is 1. The van der Waals surface area contributed by atoms with Gasteiger partial charge in [-0.25, -0.2) is 4.98 Å². The van der Waals surface area contributed by atoms with Crippen LogP contribution in [0.5, 0.6) is 5.75 Å². The van der Waals surface area contributed by atoms with Gasteiger partial charge in [0.25, 0.3) is 5.91 Å². The lowest BCUT2D eigenvalue weighted by molar-refractivity contribution is -0.385. The molecule has 21 heavy (non-hydrogen) atoms. The van der Waals surface area contributed by atoms with Crippen LogP contribution < -0.4 is 10.1 Å². The minimum absolute atomic E-state index is 0.141. The molecular formula is C13H13N3O4S. The Balaban J connectivity index is 2.27. The molecule has 0 aliphatic heterocycles. The van der Waals surface area contributed by atoms with Crippen molar-refractivity contribution in [1.82, 2.24) is 4.98 Å². The lowest BCUT2D eigenvalue weighted by Crippen LogP contribution is -2.11. The lowest BCUT2D eigenvalue weighted by Gasteiger charge is -2.06. The molecule has 0 saturated carbocycles. The molecule has 2 aromatic rings. The summed E-state index contributed by atoms with van der Waals surface area (Å²) in [4.78, 5) is 27.2. The molecule has 2 rings (SSSR count). The number of thiazole rings is 1. The van der Waals surface area contributed by atoms with Gasteiger partial charge in [-0.1, -0.05) is 0 Å². The number of nitrogens with zero attached hydrogens (tertiary/aromatic N) is 2. The summed E-state index contributed by atoms with van der Waals surface area (Å²) < 4.78 is 4.91. The zero-order valence-electron chi connectivity index (χ0n) is 11.7. The van der Waals surface area contributed by atoms with Crippen LogP contribution in [-0.4, -0.2) is 22.9 Å². The molecule has 1 aromatic carbocycles. The Labute approximate surface area is 124 Å². The highest BCUT2D eigenvalue weighted by atomic mass is 32.1. The number of hydrogen-bond acceptors (Lipinski definition) is 6. The van der Waals surface area contributed by atoms with E-state index in [1.165, 1.54) is 30.6 Å². The average molecular weight is 307 g/mol. The molecule has 0 aliphatic rings. The van der Waals surface area contributed by atoms with Gasteiger partial charge in [0, 0.05) is 11.8 Å². The zero-order valence-corrected chi connectivity index (χ0v) is 12.5. The minimum Gasteiger partial charge on any atom is -0.490 e. The van der Waals surface area contributed by atoms with Crippen LogP contribution in [0.25, 0.3) is 0 Å². The number of ether oxygens (including phenoxy) is 1. The lowest BCUT2D eigenvalue weighted by atomic mass is 10.2. The molecule has 7 nitrogen and oxygen atoms in total. The summed E-state index contributed by atoms with van der Waals surface area (Å²) in [5, 5.41) is 14.4. The summed E-state index contributed by atoms with van der Waals surface area (Å²) in [5.41, 5.74) is 0.767. The molecular weight excluding hydrogens is 294 g/mol. The number of benzene rings is 1. The van der Waals surface area contributed by atoms with Gasteiger partial charge in [-0.05, 0) is 26.0 Å². The zero-order chi connectivity index (χ0) is 15.6. The van der Waals surface area contributed by atoms with Gasteiger partial charge in [0.1, 0.15) is 4.88 Å². The molecule has 1 aromatic heterocycles. The number of nitro benzene ring substituents is 1. The van der Waals surface area contributed by atoms with E-state index in [2.05, 4.69) is 10.3 Å². The molecule has 1 amide bonds. The number of hydrogen-bond donors (Lipinski definition) is 1. The topological polar surface area (TPSA) is 94.4 Å². The fourth-order valence-electron chi connectivity index (χ4n) is 1.84. The van der Waals surface area contributed by atoms with Gasteiger partial charge >= 0.3 is 5.69 Å². The van der Waals surface area contributed by atoms with Crippen LogP contribution in [0.2, 0.25) is 0 Å². The van der Waals surface area contributed by atoms with Gasteiger partial charge in [0.15, 0.2) is 5.75 Å². The Bertz CT molecular complexity index is 711. The molecule has 0 spiro atoms. The third-order valence-electron chi connectivity index (χ3n) is 2.74. The monoisotopic (exact) mass is 307 g/mol. The highest BCUT2D eigenvalue weighted by molar-refractivity contribution is 7.13. The number of anilines is 1. The van der Waals surface area contributed by atoms with E-state index in [9.17, 15) is 14.9 Å². The van der Waals surface area contributed by atoms with Crippen LogP contribution in [-0.2, 0) is 0 Å². The number of aryl methyl sites for hydroxylation is 2. The Morgan fingerprint density at radius 1 is 1.43 bits per heavy atom. The first kappa shape index (κ1) is 14.9. The van der Waals surface area contributed by atoms with Crippen LogP contribution >= 0.6 is 11.3 Å². The van der Waals surface area contributed by atoms with E-state index in [4.69, 9.17) is 4.74 Å². The first-order valence-electron chi connectivity index (χ1n) is 6.00. The molecule has 0 saturated heterocycles. The summed E-state index contributed by atoms with van der Waals surface area (Å²) in [6.45, 7) is 3.56. The number of carbonyl (C=O) groups is 1. The molecule has 8 heteroatoms. The minimum atomic E-state index is -0.559. The maximum atomic E-state index is 12.1. The molecule has 0 bridgehead atoms. The Morgan fingerprint density at radius 3 is 2.67 bits per heavy atom. The van der Waals surface area contributed by atoms with Crippen molar-refractivity contribution in [2.45, 2.75) is 13.8 Å². The number of rotatable bonds is 4. The van der Waals surface area contributed by atoms with E-state index in [0.29, 0.717) is 16.3 Å². The molecule has 0 atom stereocenters. The second-order valence-corrected chi connectivity index (χ2v) is 5.45. The SMILES string of the molecule is COc1ccc(NC(=O)c2sc(C)nc2C)cc1[N+](=O)[O-]. The first-order chi connectivity index (χ1) is 9.92. The molecule has 1 N–H and O–H groups in total. The summed E-state index contributed by atoms with van der Waals surface area (Å²) >= 11 is 1.28. The largest absolute Gasteiger partial charge is 0.490 e. The van der Waals surface area contributed by atoms with E-state index >= 15 is 0 Å². The van der Waals surface area contributed by atoms with Crippen molar-refractivity contribution >= 4 is 28.6 Å². The molecule has 0 fully saturated rings. The molecule has 0 unspecified atom stereocenters. The summed E-state index contributed by atoms with van der Waals surface area (Å²) in [6.07, 6.45) is 0. The second kappa shape index (κ2) is 5.88. The highest BCUT2D eigenvalue weighted by Gasteiger charge is 2.18. The van der Waals surface area contributed by atoms with Gasteiger partial charge in [-0.15, -0.1) is 11.3 Å². The first-order valence-corrected chi connectivity index (χ1v) is 6.82. The summed E-state index contributed by atoms with van der Waals surface area (Å²) in [7, 11) is 1.35. The van der Waals surface area contributed by atoms with Crippen molar-refractivity contribution in [3.05, 3.63) is 43.9 Å². The Morgan fingerprint density at radius 2 is 2.14 bits per heavy atom. The predicted molar refractivity (Wildman–Crippen MR) is 79.2 cm³/mol. The average Bonchev–Trinajstić information content (AvgIpc) is 2.77. The number of nitrogens with one attached hydrogen (secondary N) is 1. The van der Waals surface area contributed by atoms with Crippen molar-refractivity contribution in [2.24, 2.45) is 0 Å². The molecule has 1 heterocycles. The van der Waals surface area contributed by atoms with Gasteiger partial charge in [0.2, 0.25) is 0 Å². The van der Waals surface area contributed by atoms with Gasteiger partial charge in [-0.3, -0.25) is 14.9 Å². The number of amides is 1. The van der Waals surface area contributed by atoms with Crippen molar-refractivity contribution in [3.8, 4) is 5.75 Å². The normalized spacial score (nSPS) is 10.2. The van der Waals surface area contributed by atoms with E-state index < -0.39 is 4.92 Å². The Kier molecular flexibility index (Phi) is 4.18. The maximum Gasteiger partial charge on any atom is 0.312 e. The fourth-order valence-corrected chi connectivity index (χ4v) is 2.66. The van der Waals surface area contributed by atoms with Crippen LogP contribution in [0.1, 0.15) is 20.4 Å². The quantitative estimate of drug-likeness (QED) is 0.692. The van der Waals surface area contributed by atoms with Crippen LogP contribution in [0.4, 0.5) is 11.4 Å². The third kappa shape index (κ3) is 3.16.